The van der Waals surface area contributed by atoms with Crippen LogP contribution in [0, 0.1) is 0 Å². The molecule has 0 heterocycles. The van der Waals surface area contributed by atoms with Crippen molar-refractivity contribution in [2.45, 2.75) is 26.7 Å². The van der Waals surface area contributed by atoms with Crippen molar-refractivity contribution in [1.29, 1.82) is 0 Å². The summed E-state index contributed by atoms with van der Waals surface area (Å²) < 4.78 is 27.2. The van der Waals surface area contributed by atoms with Crippen LogP contribution in [0.3, 0.4) is 0 Å². The van der Waals surface area contributed by atoms with E-state index in [1.807, 2.05) is 13.8 Å². The second-order valence-corrected chi connectivity index (χ2v) is 4.99. The van der Waals surface area contributed by atoms with Gasteiger partial charge in [0, 0.05) is 5.54 Å². The van der Waals surface area contributed by atoms with Crippen molar-refractivity contribution in [1.82, 2.24) is 0 Å². The van der Waals surface area contributed by atoms with Gasteiger partial charge in [-0.2, -0.15) is 0 Å². The molecule has 0 radical (unpaired) electrons. The SMILES string of the molecule is CCCOP(=O)(OCCC)O/C(=C/Cl)CCl. The first-order valence-corrected chi connectivity index (χ1v) is 7.49. The first-order chi connectivity index (χ1) is 7.61. The van der Waals surface area contributed by atoms with E-state index in [2.05, 4.69) is 0 Å². The molecule has 0 aliphatic carbocycles. The maximum atomic E-state index is 12.0. The molecular weight excluding hydrogens is 274 g/mol. The summed E-state index contributed by atoms with van der Waals surface area (Å²) in [6, 6.07) is 0. The van der Waals surface area contributed by atoms with E-state index in [4.69, 9.17) is 36.8 Å². The minimum Gasteiger partial charge on any atom is -0.406 e. The Morgan fingerprint density at radius 2 is 1.75 bits per heavy atom. The second kappa shape index (κ2) is 9.32. The smallest absolute Gasteiger partial charge is 0.406 e. The summed E-state index contributed by atoms with van der Waals surface area (Å²) >= 11 is 11.0. The topological polar surface area (TPSA) is 44.8 Å². The summed E-state index contributed by atoms with van der Waals surface area (Å²) in [6.07, 6.45) is 1.42. The van der Waals surface area contributed by atoms with E-state index in [1.54, 1.807) is 0 Å². The predicted molar refractivity (Wildman–Crippen MR) is 65.8 cm³/mol. The van der Waals surface area contributed by atoms with Gasteiger partial charge in [-0.15, -0.1) is 11.6 Å². The van der Waals surface area contributed by atoms with Crippen LogP contribution in [-0.2, 0) is 18.1 Å². The molecule has 0 atom stereocenters. The minimum absolute atomic E-state index is 0.0124. The van der Waals surface area contributed by atoms with E-state index in [0.29, 0.717) is 26.1 Å². The molecule has 0 aliphatic heterocycles. The van der Waals surface area contributed by atoms with E-state index < -0.39 is 7.82 Å². The molecule has 0 fully saturated rings. The summed E-state index contributed by atoms with van der Waals surface area (Å²) in [5.41, 5.74) is 1.12. The first kappa shape index (κ1) is 16.3. The van der Waals surface area contributed by atoms with Gasteiger partial charge in [0.05, 0.1) is 19.1 Å². The van der Waals surface area contributed by atoms with Crippen LogP contribution in [0.4, 0.5) is 0 Å². The van der Waals surface area contributed by atoms with Gasteiger partial charge in [-0.25, -0.2) is 4.57 Å². The first-order valence-electron chi connectivity index (χ1n) is 5.05. The van der Waals surface area contributed by atoms with Crippen molar-refractivity contribution in [3.8, 4) is 0 Å². The summed E-state index contributed by atoms with van der Waals surface area (Å²) in [5.74, 6) is 0.178. The highest BCUT2D eigenvalue weighted by Gasteiger charge is 2.28. The Labute approximate surface area is 106 Å². The number of hydrogen-bond donors (Lipinski definition) is 0. The van der Waals surface area contributed by atoms with Crippen LogP contribution in [0.1, 0.15) is 26.7 Å². The Morgan fingerprint density at radius 3 is 2.06 bits per heavy atom. The van der Waals surface area contributed by atoms with E-state index in [1.165, 1.54) is 0 Å². The third kappa shape index (κ3) is 6.77. The van der Waals surface area contributed by atoms with Gasteiger partial charge < -0.3 is 4.52 Å². The molecule has 0 aliphatic rings. The van der Waals surface area contributed by atoms with Gasteiger partial charge in [-0.05, 0) is 12.8 Å². The van der Waals surface area contributed by atoms with E-state index in [-0.39, 0.29) is 11.6 Å². The van der Waals surface area contributed by atoms with Crippen molar-refractivity contribution in [3.05, 3.63) is 11.3 Å². The number of phosphoric acid groups is 1. The lowest BCUT2D eigenvalue weighted by atomic mass is 10.5. The number of allylic oxidation sites excluding steroid dienone is 1. The van der Waals surface area contributed by atoms with Crippen LogP contribution in [0.5, 0.6) is 0 Å². The number of rotatable bonds is 9. The highest BCUT2D eigenvalue weighted by atomic mass is 35.5. The van der Waals surface area contributed by atoms with Crippen LogP contribution in [0.25, 0.3) is 0 Å². The largest absolute Gasteiger partial charge is 0.529 e. The van der Waals surface area contributed by atoms with Crippen molar-refractivity contribution >= 4 is 31.0 Å². The average Bonchev–Trinajstić information content (AvgIpc) is 2.31. The van der Waals surface area contributed by atoms with Crippen LogP contribution in [-0.4, -0.2) is 19.1 Å². The third-order valence-electron chi connectivity index (χ3n) is 1.39. The molecule has 0 rings (SSSR count). The maximum Gasteiger partial charge on any atom is 0.529 e. The highest BCUT2D eigenvalue weighted by Crippen LogP contribution is 2.51. The number of alkyl halides is 1. The van der Waals surface area contributed by atoms with Crippen molar-refractivity contribution in [3.63, 3.8) is 0 Å². The molecule has 0 aromatic carbocycles. The lowest BCUT2D eigenvalue weighted by Gasteiger charge is -2.18. The summed E-state index contributed by atoms with van der Waals surface area (Å²) in [7, 11) is -3.58. The van der Waals surface area contributed by atoms with Crippen LogP contribution in [0.15, 0.2) is 11.3 Å². The maximum absolute atomic E-state index is 12.0. The fourth-order valence-corrected chi connectivity index (χ4v) is 2.58. The average molecular weight is 291 g/mol. The number of hydrogen-bond acceptors (Lipinski definition) is 4. The molecule has 0 saturated carbocycles. The molecule has 0 saturated heterocycles. The normalized spacial score (nSPS) is 12.9. The Hall–Kier alpha value is 0.270. The van der Waals surface area contributed by atoms with Gasteiger partial charge in [-0.3, -0.25) is 9.05 Å². The molecule has 16 heavy (non-hydrogen) atoms. The van der Waals surface area contributed by atoms with Gasteiger partial charge in [0.25, 0.3) is 0 Å². The van der Waals surface area contributed by atoms with Gasteiger partial charge >= 0.3 is 7.82 Å². The molecule has 0 bridgehead atoms. The second-order valence-electron chi connectivity index (χ2n) is 2.91. The Morgan fingerprint density at radius 1 is 1.25 bits per heavy atom. The fraction of sp³-hybridized carbons (Fsp3) is 0.778. The molecule has 96 valence electrons. The van der Waals surface area contributed by atoms with E-state index >= 15 is 0 Å². The monoisotopic (exact) mass is 290 g/mol. The van der Waals surface area contributed by atoms with Crippen molar-refractivity contribution in [2.24, 2.45) is 0 Å². The third-order valence-corrected chi connectivity index (χ3v) is 3.35. The molecule has 7 heteroatoms. The van der Waals surface area contributed by atoms with E-state index in [9.17, 15) is 4.57 Å². The highest BCUT2D eigenvalue weighted by molar-refractivity contribution is 7.48. The fourth-order valence-electron chi connectivity index (χ4n) is 0.713. The van der Waals surface area contributed by atoms with Gasteiger partial charge in [0.2, 0.25) is 0 Å². The summed E-state index contributed by atoms with van der Waals surface area (Å²) in [5, 5.41) is 0. The molecule has 0 amide bonds. The lowest BCUT2D eigenvalue weighted by Crippen LogP contribution is -2.02. The molecule has 0 unspecified atom stereocenters. The van der Waals surface area contributed by atoms with Crippen molar-refractivity contribution < 1.29 is 18.1 Å². The van der Waals surface area contributed by atoms with Gasteiger partial charge in [0.1, 0.15) is 5.76 Å². The molecule has 4 nitrogen and oxygen atoms in total. The quantitative estimate of drug-likeness (QED) is 0.361. The number of halogens is 2. The minimum atomic E-state index is -3.58. The zero-order valence-corrected chi connectivity index (χ0v) is 11.9. The molecule has 0 aromatic rings. The lowest BCUT2D eigenvalue weighted by molar-refractivity contribution is 0.136. The Bertz CT molecular complexity index is 246. The van der Waals surface area contributed by atoms with Crippen LogP contribution in [0.2, 0.25) is 0 Å². The van der Waals surface area contributed by atoms with Crippen LogP contribution >= 0.6 is 31.0 Å². The Balaban J connectivity index is 4.45. The van der Waals surface area contributed by atoms with Gasteiger partial charge in [-0.1, -0.05) is 25.4 Å². The van der Waals surface area contributed by atoms with E-state index in [0.717, 1.165) is 5.54 Å². The Kier molecular flexibility index (Phi) is 9.47. The predicted octanol–water partition coefficient (Wildman–Crippen LogP) is 4.28. The standard InChI is InChI=1S/C9H17Cl2O4P/c1-3-5-13-16(12,14-6-4-2)15-9(7-10)8-11/h7H,3-6,8H2,1-2H3/b9-7+. The van der Waals surface area contributed by atoms with Crippen LogP contribution < -0.4 is 0 Å². The zero-order valence-electron chi connectivity index (χ0n) is 9.45. The molecule has 0 N–H and O–H groups in total. The molecule has 0 spiro atoms. The summed E-state index contributed by atoms with van der Waals surface area (Å²) in [4.78, 5) is 0. The molecular formula is C9H17Cl2O4P. The summed E-state index contributed by atoms with van der Waals surface area (Å²) in [6.45, 7) is 4.37. The zero-order chi connectivity index (χ0) is 12.4. The number of phosphoric ester groups is 1. The molecule has 0 aromatic heterocycles. The van der Waals surface area contributed by atoms with Gasteiger partial charge in [0.15, 0.2) is 0 Å². The van der Waals surface area contributed by atoms with Crippen molar-refractivity contribution in [2.75, 3.05) is 19.1 Å².